The first-order valence-electron chi connectivity index (χ1n) is 5.53. The van der Waals surface area contributed by atoms with Crippen LogP contribution in [0, 0.1) is 17.5 Å². The second kappa shape index (κ2) is 5.12. The molecule has 0 aliphatic rings. The Morgan fingerprint density at radius 3 is 2.17 bits per heavy atom. The summed E-state index contributed by atoms with van der Waals surface area (Å²) in [6.07, 6.45) is 0. The predicted octanol–water partition coefficient (Wildman–Crippen LogP) is 4.28. The summed E-state index contributed by atoms with van der Waals surface area (Å²) in [5.74, 6) is -2.06. The van der Waals surface area contributed by atoms with Crippen LogP contribution >= 0.6 is 0 Å². The zero-order valence-electron chi connectivity index (χ0n) is 9.75. The Balaban J connectivity index is 2.13. The fourth-order valence-electron chi connectivity index (χ4n) is 1.66. The van der Waals surface area contributed by atoms with Crippen LogP contribution in [0.1, 0.15) is 18.5 Å². The van der Waals surface area contributed by atoms with Gasteiger partial charge >= 0.3 is 0 Å². The van der Waals surface area contributed by atoms with E-state index in [0.717, 1.165) is 12.1 Å². The van der Waals surface area contributed by atoms with E-state index >= 15 is 0 Å². The molecular formula is C14H12F3N. The molecule has 0 spiro atoms. The molecule has 0 aliphatic heterocycles. The molecule has 94 valence electrons. The maximum atomic E-state index is 13.1. The smallest absolute Gasteiger partial charge is 0.159 e. The molecule has 1 N–H and O–H groups in total. The van der Waals surface area contributed by atoms with Crippen molar-refractivity contribution in [2.45, 2.75) is 13.0 Å². The van der Waals surface area contributed by atoms with E-state index in [2.05, 4.69) is 5.32 Å². The molecule has 1 unspecified atom stereocenters. The van der Waals surface area contributed by atoms with Crippen molar-refractivity contribution in [2.24, 2.45) is 0 Å². The predicted molar refractivity (Wildman–Crippen MR) is 64.8 cm³/mol. The first-order valence-corrected chi connectivity index (χ1v) is 5.53. The van der Waals surface area contributed by atoms with Gasteiger partial charge in [0.2, 0.25) is 0 Å². The third-order valence-corrected chi connectivity index (χ3v) is 2.67. The monoisotopic (exact) mass is 251 g/mol. The third kappa shape index (κ3) is 2.83. The van der Waals surface area contributed by atoms with E-state index in [4.69, 9.17) is 0 Å². The Bertz CT molecular complexity index is 537. The second-order valence-corrected chi connectivity index (χ2v) is 4.05. The minimum Gasteiger partial charge on any atom is -0.379 e. The number of halogens is 3. The van der Waals surface area contributed by atoms with E-state index in [9.17, 15) is 13.2 Å². The van der Waals surface area contributed by atoms with Crippen LogP contribution < -0.4 is 5.32 Å². The fraction of sp³-hybridized carbons (Fsp3) is 0.143. The first kappa shape index (κ1) is 12.5. The summed E-state index contributed by atoms with van der Waals surface area (Å²) in [5, 5.41) is 3.08. The average Bonchev–Trinajstić information content (AvgIpc) is 2.35. The van der Waals surface area contributed by atoms with Gasteiger partial charge < -0.3 is 5.32 Å². The molecule has 0 heterocycles. The largest absolute Gasteiger partial charge is 0.379 e. The van der Waals surface area contributed by atoms with Gasteiger partial charge in [-0.15, -0.1) is 0 Å². The van der Waals surface area contributed by atoms with Crippen molar-refractivity contribution in [1.82, 2.24) is 0 Å². The van der Waals surface area contributed by atoms with Crippen molar-refractivity contribution < 1.29 is 13.2 Å². The van der Waals surface area contributed by atoms with Gasteiger partial charge in [-0.05, 0) is 48.9 Å². The minimum absolute atomic E-state index is 0.203. The van der Waals surface area contributed by atoms with Gasteiger partial charge in [0, 0.05) is 11.7 Å². The van der Waals surface area contributed by atoms with Crippen LogP contribution in [0.3, 0.4) is 0 Å². The summed E-state index contributed by atoms with van der Waals surface area (Å²) in [6, 6.07) is 9.40. The van der Waals surface area contributed by atoms with Crippen molar-refractivity contribution in [3.63, 3.8) is 0 Å². The number of benzene rings is 2. The van der Waals surface area contributed by atoms with Crippen molar-refractivity contribution in [3.8, 4) is 0 Å². The first-order chi connectivity index (χ1) is 8.56. The van der Waals surface area contributed by atoms with Gasteiger partial charge in [0.1, 0.15) is 5.82 Å². The maximum Gasteiger partial charge on any atom is 0.159 e. The topological polar surface area (TPSA) is 12.0 Å². The van der Waals surface area contributed by atoms with Crippen LogP contribution in [0.2, 0.25) is 0 Å². The minimum atomic E-state index is -0.875. The van der Waals surface area contributed by atoms with E-state index in [-0.39, 0.29) is 11.9 Å². The molecule has 1 nitrogen and oxygen atoms in total. The van der Waals surface area contributed by atoms with E-state index < -0.39 is 11.6 Å². The molecule has 0 aliphatic carbocycles. The summed E-state index contributed by atoms with van der Waals surface area (Å²) in [5.41, 5.74) is 1.34. The molecule has 0 saturated carbocycles. The molecule has 2 aromatic rings. The molecule has 18 heavy (non-hydrogen) atoms. The summed E-state index contributed by atoms with van der Waals surface area (Å²) in [6.45, 7) is 1.82. The molecule has 0 bridgehead atoms. The number of anilines is 1. The second-order valence-electron chi connectivity index (χ2n) is 4.05. The molecular weight excluding hydrogens is 239 g/mol. The van der Waals surface area contributed by atoms with Gasteiger partial charge in [0.05, 0.1) is 0 Å². The third-order valence-electron chi connectivity index (χ3n) is 2.67. The highest BCUT2D eigenvalue weighted by Crippen LogP contribution is 2.21. The van der Waals surface area contributed by atoms with Gasteiger partial charge in [0.15, 0.2) is 11.6 Å². The summed E-state index contributed by atoms with van der Waals surface area (Å²) < 4.78 is 38.6. The van der Waals surface area contributed by atoms with E-state index in [1.165, 1.54) is 18.2 Å². The van der Waals surface area contributed by atoms with Gasteiger partial charge in [-0.2, -0.15) is 0 Å². The number of rotatable bonds is 3. The number of nitrogens with one attached hydrogen (secondary N) is 1. The molecule has 0 fully saturated rings. The highest BCUT2D eigenvalue weighted by molar-refractivity contribution is 5.45. The summed E-state index contributed by atoms with van der Waals surface area (Å²) in [7, 11) is 0. The molecule has 4 heteroatoms. The number of hydrogen-bond acceptors (Lipinski definition) is 1. The van der Waals surface area contributed by atoms with Gasteiger partial charge in [-0.3, -0.25) is 0 Å². The molecule has 0 aromatic heterocycles. The molecule has 2 aromatic carbocycles. The average molecular weight is 251 g/mol. The fourth-order valence-corrected chi connectivity index (χ4v) is 1.66. The van der Waals surface area contributed by atoms with Crippen molar-refractivity contribution in [3.05, 3.63) is 65.5 Å². The van der Waals surface area contributed by atoms with Crippen molar-refractivity contribution in [1.29, 1.82) is 0 Å². The van der Waals surface area contributed by atoms with Gasteiger partial charge in [-0.25, -0.2) is 13.2 Å². The van der Waals surface area contributed by atoms with Crippen LogP contribution in [0.5, 0.6) is 0 Å². The molecule has 0 amide bonds. The van der Waals surface area contributed by atoms with Crippen LogP contribution in [0.15, 0.2) is 42.5 Å². The standard InChI is InChI=1S/C14H12F3N/c1-9(10-2-7-13(16)14(17)8-10)18-12-5-3-11(15)4-6-12/h2-9,18H,1H3. The van der Waals surface area contributed by atoms with Crippen molar-refractivity contribution >= 4 is 5.69 Å². The van der Waals surface area contributed by atoms with Gasteiger partial charge in [-0.1, -0.05) is 6.07 Å². The van der Waals surface area contributed by atoms with E-state index in [1.807, 2.05) is 6.92 Å². The van der Waals surface area contributed by atoms with E-state index in [1.54, 1.807) is 12.1 Å². The zero-order chi connectivity index (χ0) is 13.1. The maximum absolute atomic E-state index is 13.1. The quantitative estimate of drug-likeness (QED) is 0.858. The lowest BCUT2D eigenvalue weighted by atomic mass is 10.1. The Kier molecular flexibility index (Phi) is 3.55. The highest BCUT2D eigenvalue weighted by Gasteiger charge is 2.09. The zero-order valence-corrected chi connectivity index (χ0v) is 9.75. The summed E-state index contributed by atoms with van der Waals surface area (Å²) >= 11 is 0. The number of hydrogen-bond donors (Lipinski definition) is 1. The summed E-state index contributed by atoms with van der Waals surface area (Å²) in [4.78, 5) is 0. The lowest BCUT2D eigenvalue weighted by Crippen LogP contribution is -2.07. The lowest BCUT2D eigenvalue weighted by Gasteiger charge is -2.15. The molecule has 1 atom stereocenters. The van der Waals surface area contributed by atoms with Crippen LogP contribution in [-0.4, -0.2) is 0 Å². The Morgan fingerprint density at radius 2 is 1.56 bits per heavy atom. The SMILES string of the molecule is CC(Nc1ccc(F)cc1)c1ccc(F)c(F)c1. The normalized spacial score (nSPS) is 12.2. The Hall–Kier alpha value is -1.97. The Labute approximate surface area is 103 Å². The van der Waals surface area contributed by atoms with Crippen LogP contribution in [-0.2, 0) is 0 Å². The van der Waals surface area contributed by atoms with Gasteiger partial charge in [0.25, 0.3) is 0 Å². The van der Waals surface area contributed by atoms with E-state index in [0.29, 0.717) is 11.3 Å². The van der Waals surface area contributed by atoms with Crippen molar-refractivity contribution in [2.75, 3.05) is 5.32 Å². The molecule has 2 rings (SSSR count). The highest BCUT2D eigenvalue weighted by atomic mass is 19.2. The molecule has 0 saturated heterocycles. The Morgan fingerprint density at radius 1 is 0.889 bits per heavy atom. The van der Waals surface area contributed by atoms with Crippen LogP contribution in [0.25, 0.3) is 0 Å². The van der Waals surface area contributed by atoms with Crippen LogP contribution in [0.4, 0.5) is 18.9 Å². The lowest BCUT2D eigenvalue weighted by molar-refractivity contribution is 0.506. The molecule has 0 radical (unpaired) electrons.